The molecule has 2 heterocycles. The van der Waals surface area contributed by atoms with Crippen molar-refractivity contribution in [2.75, 3.05) is 12.9 Å². The second-order valence-corrected chi connectivity index (χ2v) is 8.56. The van der Waals surface area contributed by atoms with E-state index in [1.165, 1.54) is 11.8 Å². The highest BCUT2D eigenvalue weighted by molar-refractivity contribution is 7.99. The number of amides is 3. The van der Waals surface area contributed by atoms with Crippen LogP contribution in [0.2, 0.25) is 0 Å². The van der Waals surface area contributed by atoms with E-state index >= 15 is 0 Å². The van der Waals surface area contributed by atoms with Crippen LogP contribution in [-0.4, -0.2) is 50.1 Å². The molecule has 9 nitrogen and oxygen atoms in total. The van der Waals surface area contributed by atoms with Gasteiger partial charge in [0.15, 0.2) is 11.0 Å². The minimum Gasteiger partial charge on any atom is -0.497 e. The highest BCUT2D eigenvalue weighted by Crippen LogP contribution is 2.28. The van der Waals surface area contributed by atoms with E-state index in [-0.39, 0.29) is 5.75 Å². The van der Waals surface area contributed by atoms with Gasteiger partial charge in [-0.3, -0.25) is 19.7 Å². The third-order valence-electron chi connectivity index (χ3n) is 3.98. The highest BCUT2D eigenvalue weighted by atomic mass is 32.2. The van der Waals surface area contributed by atoms with Crippen molar-refractivity contribution >= 4 is 23.7 Å². The van der Waals surface area contributed by atoms with E-state index in [2.05, 4.69) is 25.8 Å². The van der Waals surface area contributed by atoms with Crippen LogP contribution < -0.4 is 15.4 Å². The highest BCUT2D eigenvalue weighted by Gasteiger charge is 2.19. The molecule has 10 heteroatoms. The number of pyridine rings is 1. The number of carbonyl (C=O) groups excluding carboxylic acids is 2. The lowest BCUT2D eigenvalue weighted by molar-refractivity contribution is -0.117. The van der Waals surface area contributed by atoms with Crippen LogP contribution in [0.25, 0.3) is 17.1 Å². The van der Waals surface area contributed by atoms with E-state index in [0.717, 1.165) is 17.0 Å². The SMILES string of the molecule is COc1ccc(-n2c(SCC(=O)NC(=O)NC(C)(C)C)nnc2-c2ccncc2)cc1. The molecule has 3 amide bonds. The Bertz CT molecular complexity index is 1050. The molecular weight excluding hydrogens is 416 g/mol. The fourth-order valence-corrected chi connectivity index (χ4v) is 3.43. The van der Waals surface area contributed by atoms with Crippen LogP contribution in [-0.2, 0) is 4.79 Å². The number of hydrogen-bond donors (Lipinski definition) is 2. The molecule has 0 radical (unpaired) electrons. The summed E-state index contributed by atoms with van der Waals surface area (Å²) in [5.74, 6) is 0.908. The van der Waals surface area contributed by atoms with Gasteiger partial charge in [0.1, 0.15) is 5.75 Å². The summed E-state index contributed by atoms with van der Waals surface area (Å²) in [4.78, 5) is 28.2. The van der Waals surface area contributed by atoms with Crippen LogP contribution >= 0.6 is 11.8 Å². The molecule has 2 N–H and O–H groups in total. The van der Waals surface area contributed by atoms with Crippen LogP contribution in [0.3, 0.4) is 0 Å². The van der Waals surface area contributed by atoms with E-state index in [0.29, 0.717) is 11.0 Å². The molecule has 0 aliphatic carbocycles. The minimum atomic E-state index is -0.535. The van der Waals surface area contributed by atoms with Crippen molar-refractivity contribution in [3.8, 4) is 22.8 Å². The maximum Gasteiger partial charge on any atom is 0.321 e. The van der Waals surface area contributed by atoms with Crippen molar-refractivity contribution in [1.82, 2.24) is 30.4 Å². The summed E-state index contributed by atoms with van der Waals surface area (Å²) in [5.41, 5.74) is 1.20. The monoisotopic (exact) mass is 440 g/mol. The van der Waals surface area contributed by atoms with Gasteiger partial charge in [0.25, 0.3) is 0 Å². The minimum absolute atomic E-state index is 0.00218. The number of nitrogens with zero attached hydrogens (tertiary/aromatic N) is 4. The Labute approximate surface area is 184 Å². The van der Waals surface area contributed by atoms with Gasteiger partial charge in [0.2, 0.25) is 5.91 Å². The van der Waals surface area contributed by atoms with Gasteiger partial charge in [-0.25, -0.2) is 4.79 Å². The number of benzene rings is 1. The zero-order valence-corrected chi connectivity index (χ0v) is 18.6. The van der Waals surface area contributed by atoms with Crippen LogP contribution in [0.4, 0.5) is 4.79 Å². The average molecular weight is 441 g/mol. The maximum atomic E-state index is 12.2. The number of nitrogens with one attached hydrogen (secondary N) is 2. The van der Waals surface area contributed by atoms with Crippen molar-refractivity contribution in [2.45, 2.75) is 31.5 Å². The molecule has 0 spiro atoms. The number of urea groups is 1. The number of thioether (sulfide) groups is 1. The molecule has 162 valence electrons. The van der Waals surface area contributed by atoms with Crippen molar-refractivity contribution in [3.05, 3.63) is 48.8 Å². The summed E-state index contributed by atoms with van der Waals surface area (Å²) < 4.78 is 7.09. The molecule has 2 aromatic heterocycles. The van der Waals surface area contributed by atoms with Gasteiger partial charge < -0.3 is 10.1 Å². The first-order valence-electron chi connectivity index (χ1n) is 9.52. The largest absolute Gasteiger partial charge is 0.497 e. The Hall–Kier alpha value is -3.40. The van der Waals surface area contributed by atoms with E-state index in [9.17, 15) is 9.59 Å². The Kier molecular flexibility index (Phi) is 6.91. The summed E-state index contributed by atoms with van der Waals surface area (Å²) in [6, 6.07) is 10.6. The summed E-state index contributed by atoms with van der Waals surface area (Å²) in [6.45, 7) is 5.51. The van der Waals surface area contributed by atoms with Gasteiger partial charge in [-0.15, -0.1) is 10.2 Å². The molecule has 0 saturated heterocycles. The molecule has 1 aromatic carbocycles. The molecule has 31 heavy (non-hydrogen) atoms. The Morgan fingerprint density at radius 3 is 2.35 bits per heavy atom. The number of rotatable bonds is 6. The Morgan fingerprint density at radius 2 is 1.74 bits per heavy atom. The lowest BCUT2D eigenvalue weighted by Crippen LogP contribution is -2.48. The van der Waals surface area contributed by atoms with E-state index < -0.39 is 17.5 Å². The quantitative estimate of drug-likeness (QED) is 0.567. The number of hydrogen-bond acceptors (Lipinski definition) is 7. The van der Waals surface area contributed by atoms with Crippen molar-refractivity contribution in [3.63, 3.8) is 0 Å². The number of aromatic nitrogens is 4. The van der Waals surface area contributed by atoms with Crippen molar-refractivity contribution < 1.29 is 14.3 Å². The van der Waals surface area contributed by atoms with Crippen LogP contribution in [0.1, 0.15) is 20.8 Å². The molecule has 0 saturated carbocycles. The molecular formula is C21H24N6O3S. The number of ether oxygens (including phenoxy) is 1. The first-order chi connectivity index (χ1) is 14.8. The van der Waals surface area contributed by atoms with Gasteiger partial charge in [-0.2, -0.15) is 0 Å². The number of methoxy groups -OCH3 is 1. The van der Waals surface area contributed by atoms with Crippen LogP contribution in [0, 0.1) is 0 Å². The standard InChI is InChI=1S/C21H24N6O3S/c1-21(2,3)24-19(29)23-17(28)13-31-20-26-25-18(14-9-11-22-12-10-14)27(20)15-5-7-16(30-4)8-6-15/h5-12H,13H2,1-4H3,(H2,23,24,28,29). The summed E-state index contributed by atoms with van der Waals surface area (Å²) in [6.07, 6.45) is 3.35. The van der Waals surface area contributed by atoms with Gasteiger partial charge >= 0.3 is 6.03 Å². The third-order valence-corrected chi connectivity index (χ3v) is 4.91. The summed E-state index contributed by atoms with van der Waals surface area (Å²) in [7, 11) is 1.60. The van der Waals surface area contributed by atoms with Gasteiger partial charge in [0.05, 0.1) is 12.9 Å². The fraction of sp³-hybridized carbons (Fsp3) is 0.286. The molecule has 0 atom stereocenters. The first kappa shape index (κ1) is 22.3. The normalized spacial score (nSPS) is 11.1. The molecule has 0 fully saturated rings. The first-order valence-corrected chi connectivity index (χ1v) is 10.5. The summed E-state index contributed by atoms with van der Waals surface area (Å²) >= 11 is 1.19. The zero-order valence-electron chi connectivity index (χ0n) is 17.7. The second-order valence-electron chi connectivity index (χ2n) is 7.62. The fourth-order valence-electron chi connectivity index (χ4n) is 2.68. The van der Waals surface area contributed by atoms with E-state index in [1.807, 2.05) is 61.7 Å². The predicted octanol–water partition coefficient (Wildman–Crippen LogP) is 3.05. The second kappa shape index (κ2) is 9.61. The van der Waals surface area contributed by atoms with Crippen molar-refractivity contribution in [1.29, 1.82) is 0 Å². The Morgan fingerprint density at radius 1 is 1.06 bits per heavy atom. The van der Waals surface area contributed by atoms with Gasteiger partial charge in [-0.05, 0) is 57.2 Å². The van der Waals surface area contributed by atoms with Gasteiger partial charge in [-0.1, -0.05) is 11.8 Å². The molecule has 0 unspecified atom stereocenters. The van der Waals surface area contributed by atoms with Crippen LogP contribution in [0.5, 0.6) is 5.75 Å². The molecule has 0 bridgehead atoms. The van der Waals surface area contributed by atoms with E-state index in [4.69, 9.17) is 4.74 Å². The zero-order chi connectivity index (χ0) is 22.4. The molecule has 0 aliphatic heterocycles. The Balaban J connectivity index is 1.82. The smallest absolute Gasteiger partial charge is 0.321 e. The maximum absolute atomic E-state index is 12.2. The number of carbonyl (C=O) groups is 2. The average Bonchev–Trinajstić information content (AvgIpc) is 3.15. The number of imide groups is 1. The lowest BCUT2D eigenvalue weighted by Gasteiger charge is -2.20. The lowest BCUT2D eigenvalue weighted by atomic mass is 10.1. The van der Waals surface area contributed by atoms with Crippen LogP contribution in [0.15, 0.2) is 53.9 Å². The molecule has 3 aromatic rings. The summed E-state index contributed by atoms with van der Waals surface area (Å²) in [5, 5.41) is 14.1. The van der Waals surface area contributed by atoms with E-state index in [1.54, 1.807) is 19.5 Å². The van der Waals surface area contributed by atoms with Gasteiger partial charge in [0, 0.05) is 29.2 Å². The molecule has 0 aliphatic rings. The third kappa shape index (κ3) is 6.05. The van der Waals surface area contributed by atoms with Crippen molar-refractivity contribution in [2.24, 2.45) is 0 Å². The predicted molar refractivity (Wildman–Crippen MR) is 118 cm³/mol. The topological polar surface area (TPSA) is 111 Å². The molecule has 3 rings (SSSR count).